The summed E-state index contributed by atoms with van der Waals surface area (Å²) in [6.07, 6.45) is 3.58. The van der Waals surface area contributed by atoms with Crippen LogP contribution in [0.25, 0.3) is 0 Å². The van der Waals surface area contributed by atoms with Crippen LogP contribution >= 0.6 is 23.2 Å². The summed E-state index contributed by atoms with van der Waals surface area (Å²) in [7, 11) is 0. The second kappa shape index (κ2) is 6.60. The molecular formula is C14H18Cl2N2O. The number of anilines is 1. The standard InChI is InChI=1S/C14H18Cl2N2O/c1-10-4-2-3-7-18(10)9-14(19)17-13-6-5-11(15)8-12(13)16/h5-6,8,10H,2-4,7,9H2,1H3,(H,17,19). The van der Waals surface area contributed by atoms with Crippen molar-refractivity contribution in [3.05, 3.63) is 28.2 Å². The van der Waals surface area contributed by atoms with Gasteiger partial charge in [-0.2, -0.15) is 0 Å². The third-order valence-electron chi connectivity index (χ3n) is 3.49. The molecule has 1 fully saturated rings. The number of nitrogens with zero attached hydrogens (tertiary/aromatic N) is 1. The normalized spacial score (nSPS) is 20.3. The van der Waals surface area contributed by atoms with E-state index in [1.807, 2.05) is 0 Å². The van der Waals surface area contributed by atoms with Gasteiger partial charge >= 0.3 is 0 Å². The highest BCUT2D eigenvalue weighted by Crippen LogP contribution is 2.25. The second-order valence-corrected chi connectivity index (χ2v) is 5.83. The Balaban J connectivity index is 1.93. The van der Waals surface area contributed by atoms with Gasteiger partial charge in [-0.1, -0.05) is 29.6 Å². The minimum absolute atomic E-state index is 0.0297. The van der Waals surface area contributed by atoms with Crippen LogP contribution in [-0.4, -0.2) is 29.9 Å². The van der Waals surface area contributed by atoms with Crippen LogP contribution < -0.4 is 5.32 Å². The van der Waals surface area contributed by atoms with Crippen LogP contribution in [-0.2, 0) is 4.79 Å². The van der Waals surface area contributed by atoms with Crippen molar-refractivity contribution in [2.24, 2.45) is 0 Å². The zero-order valence-electron chi connectivity index (χ0n) is 11.0. The zero-order valence-corrected chi connectivity index (χ0v) is 12.5. The number of halogens is 2. The number of carbonyl (C=O) groups is 1. The molecule has 1 aliphatic rings. The first-order chi connectivity index (χ1) is 9.06. The van der Waals surface area contributed by atoms with Gasteiger partial charge < -0.3 is 5.32 Å². The molecule has 1 heterocycles. The largest absolute Gasteiger partial charge is 0.324 e. The maximum Gasteiger partial charge on any atom is 0.238 e. The fourth-order valence-electron chi connectivity index (χ4n) is 2.36. The lowest BCUT2D eigenvalue weighted by Crippen LogP contribution is -2.42. The fraction of sp³-hybridized carbons (Fsp3) is 0.500. The number of carbonyl (C=O) groups excluding carboxylic acids is 1. The van der Waals surface area contributed by atoms with Crippen LogP contribution in [0.15, 0.2) is 18.2 Å². The van der Waals surface area contributed by atoms with E-state index in [-0.39, 0.29) is 5.91 Å². The van der Waals surface area contributed by atoms with Crippen LogP contribution in [0.4, 0.5) is 5.69 Å². The number of benzene rings is 1. The molecule has 1 N–H and O–H groups in total. The number of nitrogens with one attached hydrogen (secondary N) is 1. The van der Waals surface area contributed by atoms with Crippen molar-refractivity contribution in [2.75, 3.05) is 18.4 Å². The minimum atomic E-state index is -0.0297. The van der Waals surface area contributed by atoms with Crippen LogP contribution in [0.3, 0.4) is 0 Å². The number of rotatable bonds is 3. The van der Waals surface area contributed by atoms with E-state index in [0.29, 0.717) is 28.3 Å². The maximum atomic E-state index is 12.0. The Labute approximate surface area is 123 Å². The lowest BCUT2D eigenvalue weighted by Gasteiger charge is -2.32. The second-order valence-electron chi connectivity index (χ2n) is 4.99. The molecule has 0 radical (unpaired) electrons. The van der Waals surface area contributed by atoms with E-state index in [9.17, 15) is 4.79 Å². The third kappa shape index (κ3) is 4.10. The van der Waals surface area contributed by atoms with Crippen molar-refractivity contribution in [2.45, 2.75) is 32.2 Å². The van der Waals surface area contributed by atoms with Crippen LogP contribution in [0, 0.1) is 0 Å². The van der Waals surface area contributed by atoms with E-state index in [1.54, 1.807) is 18.2 Å². The number of piperidine rings is 1. The highest BCUT2D eigenvalue weighted by molar-refractivity contribution is 6.36. The quantitative estimate of drug-likeness (QED) is 0.921. The molecule has 2 rings (SSSR count). The molecule has 1 amide bonds. The fourth-order valence-corrected chi connectivity index (χ4v) is 2.81. The summed E-state index contributed by atoms with van der Waals surface area (Å²) in [4.78, 5) is 14.2. The molecule has 5 heteroatoms. The van der Waals surface area contributed by atoms with Crippen LogP contribution in [0.2, 0.25) is 10.0 Å². The first-order valence-corrected chi connectivity index (χ1v) is 7.31. The third-order valence-corrected chi connectivity index (χ3v) is 4.04. The van der Waals surface area contributed by atoms with Gasteiger partial charge in [-0.15, -0.1) is 0 Å². The molecule has 0 saturated carbocycles. The first kappa shape index (κ1) is 14.6. The van der Waals surface area contributed by atoms with Gasteiger partial charge in [0.1, 0.15) is 0 Å². The molecule has 1 aliphatic heterocycles. The van der Waals surface area contributed by atoms with Gasteiger partial charge in [0, 0.05) is 11.1 Å². The molecule has 1 unspecified atom stereocenters. The summed E-state index contributed by atoms with van der Waals surface area (Å²) in [6, 6.07) is 5.54. The molecule has 19 heavy (non-hydrogen) atoms. The molecule has 3 nitrogen and oxygen atoms in total. The number of likely N-dealkylation sites (tertiary alicyclic amines) is 1. The lowest BCUT2D eigenvalue weighted by molar-refractivity contribution is -0.118. The lowest BCUT2D eigenvalue weighted by atomic mass is 10.0. The van der Waals surface area contributed by atoms with E-state index >= 15 is 0 Å². The van der Waals surface area contributed by atoms with Gasteiger partial charge in [0.15, 0.2) is 0 Å². The monoisotopic (exact) mass is 300 g/mol. The maximum absolute atomic E-state index is 12.0. The zero-order chi connectivity index (χ0) is 13.8. The van der Waals surface area contributed by atoms with E-state index in [2.05, 4.69) is 17.1 Å². The molecular weight excluding hydrogens is 283 g/mol. The minimum Gasteiger partial charge on any atom is -0.324 e. The van der Waals surface area contributed by atoms with E-state index in [1.165, 1.54) is 12.8 Å². The van der Waals surface area contributed by atoms with Gasteiger partial charge in [-0.25, -0.2) is 0 Å². The number of hydrogen-bond donors (Lipinski definition) is 1. The van der Waals surface area contributed by atoms with Gasteiger partial charge in [0.2, 0.25) is 5.91 Å². The van der Waals surface area contributed by atoms with Crippen LogP contribution in [0.5, 0.6) is 0 Å². The Morgan fingerprint density at radius 2 is 2.21 bits per heavy atom. The summed E-state index contributed by atoms with van der Waals surface area (Å²) >= 11 is 11.9. The van der Waals surface area contributed by atoms with Gasteiger partial charge in [0.25, 0.3) is 0 Å². The molecule has 1 aromatic rings. The Morgan fingerprint density at radius 3 is 2.89 bits per heavy atom. The van der Waals surface area contributed by atoms with Crippen molar-refractivity contribution in [1.82, 2.24) is 4.90 Å². The first-order valence-electron chi connectivity index (χ1n) is 6.55. The molecule has 1 saturated heterocycles. The van der Waals surface area contributed by atoms with E-state index < -0.39 is 0 Å². The van der Waals surface area contributed by atoms with Crippen molar-refractivity contribution in [3.63, 3.8) is 0 Å². The molecule has 104 valence electrons. The topological polar surface area (TPSA) is 32.3 Å². The number of amides is 1. The summed E-state index contributed by atoms with van der Waals surface area (Å²) in [5, 5.41) is 3.86. The Hall–Kier alpha value is -0.770. The molecule has 1 aromatic carbocycles. The van der Waals surface area contributed by atoms with Crippen LogP contribution in [0.1, 0.15) is 26.2 Å². The van der Waals surface area contributed by atoms with Gasteiger partial charge in [-0.3, -0.25) is 9.69 Å². The van der Waals surface area contributed by atoms with Crippen molar-refractivity contribution in [3.8, 4) is 0 Å². The summed E-state index contributed by atoms with van der Waals surface area (Å²) in [5.74, 6) is -0.0297. The van der Waals surface area contributed by atoms with E-state index in [0.717, 1.165) is 13.0 Å². The predicted octanol–water partition coefficient (Wildman–Crippen LogP) is 3.81. The molecule has 0 spiro atoms. The summed E-state index contributed by atoms with van der Waals surface area (Å²) in [6.45, 7) is 3.57. The van der Waals surface area contributed by atoms with Gasteiger partial charge in [0.05, 0.1) is 17.3 Å². The molecule has 0 aliphatic carbocycles. The Morgan fingerprint density at radius 1 is 1.42 bits per heavy atom. The predicted molar refractivity (Wildman–Crippen MR) is 80.0 cm³/mol. The number of hydrogen-bond acceptors (Lipinski definition) is 2. The summed E-state index contributed by atoms with van der Waals surface area (Å²) < 4.78 is 0. The van der Waals surface area contributed by atoms with Crippen molar-refractivity contribution >= 4 is 34.8 Å². The van der Waals surface area contributed by atoms with Crippen molar-refractivity contribution < 1.29 is 4.79 Å². The molecule has 0 aromatic heterocycles. The average molecular weight is 301 g/mol. The highest BCUT2D eigenvalue weighted by Gasteiger charge is 2.20. The smallest absolute Gasteiger partial charge is 0.238 e. The molecule has 0 bridgehead atoms. The highest BCUT2D eigenvalue weighted by atomic mass is 35.5. The SMILES string of the molecule is CC1CCCCN1CC(=O)Nc1ccc(Cl)cc1Cl. The average Bonchev–Trinajstić information content (AvgIpc) is 2.36. The summed E-state index contributed by atoms with van der Waals surface area (Å²) in [5.41, 5.74) is 0.612. The Bertz CT molecular complexity index is 465. The van der Waals surface area contributed by atoms with Crippen molar-refractivity contribution in [1.29, 1.82) is 0 Å². The molecule has 1 atom stereocenters. The Kier molecular flexibility index (Phi) is 5.08. The van der Waals surface area contributed by atoms with E-state index in [4.69, 9.17) is 23.2 Å². The van der Waals surface area contributed by atoms with Gasteiger partial charge in [-0.05, 0) is 44.5 Å².